The van der Waals surface area contributed by atoms with Gasteiger partial charge in [0.15, 0.2) is 0 Å². The highest BCUT2D eigenvalue weighted by molar-refractivity contribution is 7.09. The van der Waals surface area contributed by atoms with Gasteiger partial charge in [-0.1, -0.05) is 0 Å². The molecule has 0 aliphatic rings. The smallest absolute Gasteiger partial charge is 0.282 e. The fraction of sp³-hybridized carbons (Fsp3) is 0.167. The number of amides is 1. The standard InChI is InChI=1S/C12H10FN3O3S/c1-7-15-9(6-20-7)5-14-12(17)10-4-8(13)2-3-11(10)16(18)19/h2-4,6H,5H2,1H3,(H,14,17). The van der Waals surface area contributed by atoms with E-state index < -0.39 is 22.3 Å². The van der Waals surface area contributed by atoms with Crippen molar-refractivity contribution in [2.75, 3.05) is 0 Å². The third kappa shape index (κ3) is 3.15. The quantitative estimate of drug-likeness (QED) is 0.693. The van der Waals surface area contributed by atoms with Crippen molar-refractivity contribution < 1.29 is 14.1 Å². The number of rotatable bonds is 4. The summed E-state index contributed by atoms with van der Waals surface area (Å²) in [7, 11) is 0. The van der Waals surface area contributed by atoms with Gasteiger partial charge in [-0.2, -0.15) is 0 Å². The molecule has 0 atom stereocenters. The molecule has 1 heterocycles. The van der Waals surface area contributed by atoms with Crippen LogP contribution in [0.15, 0.2) is 23.6 Å². The SMILES string of the molecule is Cc1nc(CNC(=O)c2cc(F)ccc2[N+](=O)[O-])cs1. The van der Waals surface area contributed by atoms with E-state index in [-0.39, 0.29) is 12.1 Å². The number of nitrogens with one attached hydrogen (secondary N) is 1. The van der Waals surface area contributed by atoms with Gasteiger partial charge in [0, 0.05) is 11.4 Å². The van der Waals surface area contributed by atoms with Crippen molar-refractivity contribution in [3.05, 3.63) is 55.8 Å². The highest BCUT2D eigenvalue weighted by Gasteiger charge is 2.20. The minimum Gasteiger partial charge on any atom is -0.346 e. The lowest BCUT2D eigenvalue weighted by molar-refractivity contribution is -0.385. The zero-order chi connectivity index (χ0) is 14.7. The van der Waals surface area contributed by atoms with Gasteiger partial charge in [-0.05, 0) is 19.1 Å². The number of nitrogens with zero attached hydrogens (tertiary/aromatic N) is 2. The first kappa shape index (κ1) is 14.1. The first-order valence-electron chi connectivity index (χ1n) is 5.60. The zero-order valence-electron chi connectivity index (χ0n) is 10.4. The van der Waals surface area contributed by atoms with E-state index in [4.69, 9.17) is 0 Å². The van der Waals surface area contributed by atoms with Crippen LogP contribution >= 0.6 is 11.3 Å². The fourth-order valence-electron chi connectivity index (χ4n) is 1.60. The molecule has 1 aromatic heterocycles. The number of hydrogen-bond acceptors (Lipinski definition) is 5. The molecule has 0 unspecified atom stereocenters. The number of nitro benzene ring substituents is 1. The molecule has 0 saturated heterocycles. The van der Waals surface area contributed by atoms with E-state index in [2.05, 4.69) is 10.3 Å². The van der Waals surface area contributed by atoms with Crippen molar-refractivity contribution in [2.24, 2.45) is 0 Å². The molecule has 0 radical (unpaired) electrons. The third-order valence-corrected chi connectivity index (χ3v) is 3.32. The van der Waals surface area contributed by atoms with Crippen molar-refractivity contribution >= 4 is 22.9 Å². The topological polar surface area (TPSA) is 85.1 Å². The molecule has 1 aromatic carbocycles. The second-order valence-corrected chi connectivity index (χ2v) is 5.02. The van der Waals surface area contributed by atoms with Crippen LogP contribution in [0.2, 0.25) is 0 Å². The molecule has 2 rings (SSSR count). The summed E-state index contributed by atoms with van der Waals surface area (Å²) in [5, 5.41) is 15.9. The Hall–Kier alpha value is -2.35. The minimum atomic E-state index is -0.721. The Morgan fingerprint density at radius 3 is 2.90 bits per heavy atom. The summed E-state index contributed by atoms with van der Waals surface area (Å²) >= 11 is 1.43. The van der Waals surface area contributed by atoms with Gasteiger partial charge in [-0.15, -0.1) is 11.3 Å². The Labute approximate surface area is 117 Å². The Kier molecular flexibility index (Phi) is 4.04. The van der Waals surface area contributed by atoms with Crippen LogP contribution in [-0.4, -0.2) is 15.8 Å². The number of aromatic nitrogens is 1. The van der Waals surface area contributed by atoms with E-state index >= 15 is 0 Å². The van der Waals surface area contributed by atoms with Crippen LogP contribution in [0.5, 0.6) is 0 Å². The van der Waals surface area contributed by atoms with E-state index in [1.807, 2.05) is 6.92 Å². The maximum atomic E-state index is 13.1. The normalized spacial score (nSPS) is 10.3. The number of benzene rings is 1. The second-order valence-electron chi connectivity index (χ2n) is 3.96. The van der Waals surface area contributed by atoms with Crippen LogP contribution in [0.25, 0.3) is 0 Å². The molecule has 8 heteroatoms. The molecule has 0 fully saturated rings. The molecule has 104 valence electrons. The van der Waals surface area contributed by atoms with Gasteiger partial charge in [-0.25, -0.2) is 9.37 Å². The number of carbonyl (C=O) groups is 1. The maximum Gasteiger partial charge on any atom is 0.282 e. The minimum absolute atomic E-state index is 0.136. The molecule has 1 amide bonds. The van der Waals surface area contributed by atoms with Gasteiger partial charge in [0.25, 0.3) is 11.6 Å². The zero-order valence-corrected chi connectivity index (χ0v) is 11.2. The van der Waals surface area contributed by atoms with Gasteiger partial charge in [0.2, 0.25) is 0 Å². The van der Waals surface area contributed by atoms with Crippen LogP contribution in [0.1, 0.15) is 21.1 Å². The monoisotopic (exact) mass is 295 g/mol. The lowest BCUT2D eigenvalue weighted by Crippen LogP contribution is -2.24. The highest BCUT2D eigenvalue weighted by atomic mass is 32.1. The molecule has 20 heavy (non-hydrogen) atoms. The summed E-state index contributed by atoms with van der Waals surface area (Å²) in [5.41, 5.74) is -0.0831. The van der Waals surface area contributed by atoms with E-state index in [1.54, 1.807) is 5.38 Å². The Balaban J connectivity index is 2.16. The van der Waals surface area contributed by atoms with Gasteiger partial charge < -0.3 is 5.32 Å². The third-order valence-electron chi connectivity index (χ3n) is 2.50. The van der Waals surface area contributed by atoms with Gasteiger partial charge >= 0.3 is 0 Å². The number of halogens is 1. The fourth-order valence-corrected chi connectivity index (χ4v) is 2.22. The summed E-state index contributed by atoms with van der Waals surface area (Å²) in [5.74, 6) is -1.41. The van der Waals surface area contributed by atoms with Crippen LogP contribution in [0.4, 0.5) is 10.1 Å². The van der Waals surface area contributed by atoms with Crippen molar-refractivity contribution in [3.8, 4) is 0 Å². The summed E-state index contributed by atoms with van der Waals surface area (Å²) in [6, 6.07) is 2.76. The molecule has 0 aliphatic heterocycles. The van der Waals surface area contributed by atoms with Gasteiger partial charge in [-0.3, -0.25) is 14.9 Å². The van der Waals surface area contributed by atoms with Crippen LogP contribution < -0.4 is 5.32 Å². The molecular weight excluding hydrogens is 285 g/mol. The second kappa shape index (κ2) is 5.74. The predicted molar refractivity (Wildman–Crippen MR) is 71.1 cm³/mol. The number of nitro groups is 1. The van der Waals surface area contributed by atoms with E-state index in [0.29, 0.717) is 5.69 Å². The Morgan fingerprint density at radius 2 is 2.30 bits per heavy atom. The average Bonchev–Trinajstić information content (AvgIpc) is 2.81. The molecule has 2 aromatic rings. The molecule has 0 aliphatic carbocycles. The molecule has 6 nitrogen and oxygen atoms in total. The largest absolute Gasteiger partial charge is 0.346 e. The molecule has 0 spiro atoms. The summed E-state index contributed by atoms with van der Waals surface area (Å²) in [4.78, 5) is 26.1. The summed E-state index contributed by atoms with van der Waals surface area (Å²) in [6.07, 6.45) is 0. The first-order chi connectivity index (χ1) is 9.47. The van der Waals surface area contributed by atoms with Crippen molar-refractivity contribution in [1.82, 2.24) is 10.3 Å². The first-order valence-corrected chi connectivity index (χ1v) is 6.48. The van der Waals surface area contributed by atoms with Gasteiger partial charge in [0.05, 0.1) is 22.2 Å². The van der Waals surface area contributed by atoms with Crippen molar-refractivity contribution in [2.45, 2.75) is 13.5 Å². The molecular formula is C12H10FN3O3S. The lowest BCUT2D eigenvalue weighted by atomic mass is 10.1. The predicted octanol–water partition coefficient (Wildman–Crippen LogP) is 2.43. The van der Waals surface area contributed by atoms with Crippen molar-refractivity contribution in [3.63, 3.8) is 0 Å². The van der Waals surface area contributed by atoms with Crippen LogP contribution in [0, 0.1) is 22.9 Å². The van der Waals surface area contributed by atoms with E-state index in [1.165, 1.54) is 11.3 Å². The molecule has 0 saturated carbocycles. The number of hydrogen-bond donors (Lipinski definition) is 1. The van der Waals surface area contributed by atoms with Crippen LogP contribution in [0.3, 0.4) is 0 Å². The van der Waals surface area contributed by atoms with E-state index in [9.17, 15) is 19.3 Å². The maximum absolute atomic E-state index is 13.1. The summed E-state index contributed by atoms with van der Waals surface area (Å²) in [6.45, 7) is 1.96. The Bertz CT molecular complexity index is 672. The highest BCUT2D eigenvalue weighted by Crippen LogP contribution is 2.19. The molecule has 1 N–H and O–H groups in total. The summed E-state index contributed by atoms with van der Waals surface area (Å²) < 4.78 is 13.1. The van der Waals surface area contributed by atoms with Gasteiger partial charge in [0.1, 0.15) is 11.4 Å². The number of aryl methyl sites for hydroxylation is 1. The number of thiazole rings is 1. The lowest BCUT2D eigenvalue weighted by Gasteiger charge is -2.04. The number of carbonyl (C=O) groups excluding carboxylic acids is 1. The van der Waals surface area contributed by atoms with E-state index in [0.717, 1.165) is 23.2 Å². The Morgan fingerprint density at radius 1 is 1.55 bits per heavy atom. The van der Waals surface area contributed by atoms with Crippen molar-refractivity contribution in [1.29, 1.82) is 0 Å². The molecule has 0 bridgehead atoms. The van der Waals surface area contributed by atoms with Crippen LogP contribution in [-0.2, 0) is 6.54 Å². The average molecular weight is 295 g/mol.